The first-order valence-corrected chi connectivity index (χ1v) is 5.55. The van der Waals surface area contributed by atoms with E-state index in [0.717, 1.165) is 15.6 Å². The molecule has 0 amide bonds. The first-order valence-electron chi connectivity index (χ1n) is 4.76. The number of rotatable bonds is 1. The fourth-order valence-electron chi connectivity index (χ4n) is 1.96. The van der Waals surface area contributed by atoms with Gasteiger partial charge in [0.1, 0.15) is 6.10 Å². The summed E-state index contributed by atoms with van der Waals surface area (Å²) in [5, 5.41) is 9.78. The van der Waals surface area contributed by atoms with Crippen LogP contribution in [0, 0.1) is 0 Å². The highest BCUT2D eigenvalue weighted by Crippen LogP contribution is 2.36. The third kappa shape index (κ3) is 1.77. The molecular formula is C12H11BrO2. The Kier molecular flexibility index (Phi) is 2.76. The highest BCUT2D eigenvalue weighted by Gasteiger charge is 2.34. The fourth-order valence-corrected chi connectivity index (χ4v) is 2.49. The Morgan fingerprint density at radius 3 is 2.53 bits per heavy atom. The standard InChI is InChI=1S/C12H11BrO2/c1-7-6-10(14)12(15)11(7)8-4-2-3-5-9(8)13/h2-6,11-12,15H,1H3/t11-,12+/m0/s1. The van der Waals surface area contributed by atoms with Gasteiger partial charge >= 0.3 is 0 Å². The lowest BCUT2D eigenvalue weighted by atomic mass is 9.91. The topological polar surface area (TPSA) is 37.3 Å². The van der Waals surface area contributed by atoms with E-state index in [9.17, 15) is 9.90 Å². The molecule has 2 nitrogen and oxygen atoms in total. The Hall–Kier alpha value is -0.930. The minimum absolute atomic E-state index is 0.201. The SMILES string of the molecule is CC1=CC(=O)[C@@H](O)[C@@H]1c1ccccc1Br. The molecule has 0 spiro atoms. The number of hydrogen-bond acceptors (Lipinski definition) is 2. The third-order valence-corrected chi connectivity index (χ3v) is 3.43. The van der Waals surface area contributed by atoms with Crippen LogP contribution in [0.2, 0.25) is 0 Å². The molecule has 3 heteroatoms. The first-order chi connectivity index (χ1) is 7.11. The van der Waals surface area contributed by atoms with Crippen molar-refractivity contribution in [1.29, 1.82) is 0 Å². The summed E-state index contributed by atoms with van der Waals surface area (Å²) >= 11 is 3.43. The maximum Gasteiger partial charge on any atom is 0.185 e. The Labute approximate surface area is 96.7 Å². The van der Waals surface area contributed by atoms with E-state index in [1.807, 2.05) is 31.2 Å². The van der Waals surface area contributed by atoms with Gasteiger partial charge in [0.25, 0.3) is 0 Å². The number of aliphatic hydroxyl groups is 1. The predicted molar refractivity (Wildman–Crippen MR) is 61.7 cm³/mol. The summed E-state index contributed by atoms with van der Waals surface area (Å²) < 4.78 is 0.927. The summed E-state index contributed by atoms with van der Waals surface area (Å²) in [4.78, 5) is 11.3. The number of benzene rings is 1. The van der Waals surface area contributed by atoms with Gasteiger partial charge in [-0.2, -0.15) is 0 Å². The van der Waals surface area contributed by atoms with Crippen LogP contribution in [-0.4, -0.2) is 17.0 Å². The fraction of sp³-hybridized carbons (Fsp3) is 0.250. The van der Waals surface area contributed by atoms with E-state index in [4.69, 9.17) is 0 Å². The zero-order chi connectivity index (χ0) is 11.0. The summed E-state index contributed by atoms with van der Waals surface area (Å²) in [6.07, 6.45) is 0.595. The van der Waals surface area contributed by atoms with Crippen molar-refractivity contribution in [3.05, 3.63) is 46.0 Å². The van der Waals surface area contributed by atoms with Crippen molar-refractivity contribution in [2.75, 3.05) is 0 Å². The van der Waals surface area contributed by atoms with E-state index in [1.54, 1.807) is 0 Å². The number of aliphatic hydroxyl groups excluding tert-OH is 1. The predicted octanol–water partition coefficient (Wildman–Crippen LogP) is 2.42. The largest absolute Gasteiger partial charge is 0.384 e. The van der Waals surface area contributed by atoms with E-state index >= 15 is 0 Å². The summed E-state index contributed by atoms with van der Waals surface area (Å²) in [5.74, 6) is -0.402. The van der Waals surface area contributed by atoms with Gasteiger partial charge in [0.05, 0.1) is 0 Å². The van der Waals surface area contributed by atoms with Crippen LogP contribution in [0.5, 0.6) is 0 Å². The van der Waals surface area contributed by atoms with E-state index in [2.05, 4.69) is 15.9 Å². The van der Waals surface area contributed by atoms with Gasteiger partial charge < -0.3 is 5.11 Å². The van der Waals surface area contributed by atoms with E-state index < -0.39 is 6.10 Å². The lowest BCUT2D eigenvalue weighted by molar-refractivity contribution is -0.121. The second kappa shape index (κ2) is 3.91. The highest BCUT2D eigenvalue weighted by molar-refractivity contribution is 9.10. The van der Waals surface area contributed by atoms with Crippen LogP contribution in [-0.2, 0) is 4.79 Å². The quantitative estimate of drug-likeness (QED) is 0.848. The molecule has 0 radical (unpaired) electrons. The van der Waals surface area contributed by atoms with Gasteiger partial charge in [-0.15, -0.1) is 0 Å². The average molecular weight is 267 g/mol. The molecule has 15 heavy (non-hydrogen) atoms. The van der Waals surface area contributed by atoms with Crippen molar-refractivity contribution in [3.63, 3.8) is 0 Å². The zero-order valence-electron chi connectivity index (χ0n) is 8.27. The summed E-state index contributed by atoms with van der Waals surface area (Å²) in [6, 6.07) is 7.66. The summed E-state index contributed by atoms with van der Waals surface area (Å²) in [5.41, 5.74) is 1.88. The van der Waals surface area contributed by atoms with Crippen molar-refractivity contribution in [3.8, 4) is 0 Å². The van der Waals surface area contributed by atoms with Crippen LogP contribution in [0.15, 0.2) is 40.4 Å². The van der Waals surface area contributed by atoms with Crippen molar-refractivity contribution in [2.45, 2.75) is 18.9 Å². The zero-order valence-corrected chi connectivity index (χ0v) is 9.86. The molecule has 0 fully saturated rings. The van der Waals surface area contributed by atoms with E-state index in [1.165, 1.54) is 6.08 Å². The summed E-state index contributed by atoms with van der Waals surface area (Å²) in [6.45, 7) is 1.87. The Morgan fingerprint density at radius 2 is 2.00 bits per heavy atom. The molecule has 0 heterocycles. The van der Waals surface area contributed by atoms with Crippen LogP contribution in [0.25, 0.3) is 0 Å². The molecule has 78 valence electrons. The molecule has 1 aromatic rings. The second-order valence-electron chi connectivity index (χ2n) is 3.73. The summed E-state index contributed by atoms with van der Waals surface area (Å²) in [7, 11) is 0. The van der Waals surface area contributed by atoms with Crippen LogP contribution < -0.4 is 0 Å². The molecule has 0 bridgehead atoms. The smallest absolute Gasteiger partial charge is 0.185 e. The first kappa shape index (κ1) is 10.6. The molecule has 1 N–H and O–H groups in total. The molecule has 1 aliphatic rings. The molecule has 0 saturated heterocycles. The van der Waals surface area contributed by atoms with Crippen LogP contribution in [0.3, 0.4) is 0 Å². The molecule has 1 aromatic carbocycles. The molecular weight excluding hydrogens is 256 g/mol. The Morgan fingerprint density at radius 1 is 1.33 bits per heavy atom. The molecule has 2 atom stereocenters. The molecule has 0 saturated carbocycles. The molecule has 0 aromatic heterocycles. The molecule has 1 aliphatic carbocycles. The molecule has 0 unspecified atom stereocenters. The van der Waals surface area contributed by atoms with Crippen molar-refractivity contribution in [2.24, 2.45) is 0 Å². The van der Waals surface area contributed by atoms with E-state index in [-0.39, 0.29) is 11.7 Å². The number of halogens is 1. The lowest BCUT2D eigenvalue weighted by Gasteiger charge is -2.17. The van der Waals surface area contributed by atoms with Gasteiger partial charge in [0, 0.05) is 10.4 Å². The van der Waals surface area contributed by atoms with Gasteiger partial charge in [-0.25, -0.2) is 0 Å². The number of ketones is 1. The normalized spacial score (nSPS) is 25.5. The van der Waals surface area contributed by atoms with Gasteiger partial charge in [-0.05, 0) is 24.6 Å². The third-order valence-electron chi connectivity index (χ3n) is 2.71. The van der Waals surface area contributed by atoms with Gasteiger partial charge in [-0.1, -0.05) is 39.7 Å². The number of hydrogen-bond donors (Lipinski definition) is 1. The minimum atomic E-state index is -0.927. The second-order valence-corrected chi connectivity index (χ2v) is 4.59. The monoisotopic (exact) mass is 266 g/mol. The van der Waals surface area contributed by atoms with Gasteiger partial charge in [0.2, 0.25) is 0 Å². The molecule has 0 aliphatic heterocycles. The van der Waals surface area contributed by atoms with Crippen LogP contribution >= 0.6 is 15.9 Å². The minimum Gasteiger partial charge on any atom is -0.384 e. The van der Waals surface area contributed by atoms with Gasteiger partial charge in [0.15, 0.2) is 5.78 Å². The van der Waals surface area contributed by atoms with E-state index in [0.29, 0.717) is 0 Å². The van der Waals surface area contributed by atoms with Crippen molar-refractivity contribution in [1.82, 2.24) is 0 Å². The van der Waals surface area contributed by atoms with Crippen LogP contribution in [0.4, 0.5) is 0 Å². The molecule has 2 rings (SSSR count). The Balaban J connectivity index is 2.45. The maximum absolute atomic E-state index is 11.3. The number of carbonyl (C=O) groups excluding carboxylic acids is 1. The highest BCUT2D eigenvalue weighted by atomic mass is 79.9. The van der Waals surface area contributed by atoms with Crippen molar-refractivity contribution >= 4 is 21.7 Å². The maximum atomic E-state index is 11.3. The van der Waals surface area contributed by atoms with Crippen molar-refractivity contribution < 1.29 is 9.90 Å². The number of carbonyl (C=O) groups is 1. The van der Waals surface area contributed by atoms with Gasteiger partial charge in [-0.3, -0.25) is 4.79 Å². The Bertz CT molecular complexity index is 437. The van der Waals surface area contributed by atoms with Crippen LogP contribution in [0.1, 0.15) is 18.4 Å². The average Bonchev–Trinajstić information content (AvgIpc) is 2.43. The lowest BCUT2D eigenvalue weighted by Crippen LogP contribution is -2.21.